The van der Waals surface area contributed by atoms with E-state index in [1.807, 2.05) is 34.9 Å². The van der Waals surface area contributed by atoms with Gasteiger partial charge >= 0.3 is 12.1 Å². The van der Waals surface area contributed by atoms with Crippen molar-refractivity contribution in [2.45, 2.75) is 45.3 Å². The molecule has 0 aliphatic carbocycles. The Morgan fingerprint density at radius 3 is 2.42 bits per heavy atom. The van der Waals surface area contributed by atoms with Gasteiger partial charge < -0.3 is 25.0 Å². The zero-order valence-electron chi connectivity index (χ0n) is 21.9. The Morgan fingerprint density at radius 2 is 1.82 bits per heavy atom. The van der Waals surface area contributed by atoms with Crippen LogP contribution in [0.1, 0.15) is 32.6 Å². The molecule has 0 amide bonds. The lowest BCUT2D eigenvalue weighted by atomic mass is 10.1. The first-order valence-electron chi connectivity index (χ1n) is 12.9. The Morgan fingerprint density at radius 1 is 1.12 bits per heavy atom. The summed E-state index contributed by atoms with van der Waals surface area (Å²) in [6.45, 7) is 6.76. The number of carbonyl (C=O) groups is 1. The highest BCUT2D eigenvalue weighted by atomic mass is 19.4. The van der Waals surface area contributed by atoms with Gasteiger partial charge in [0.1, 0.15) is 11.0 Å². The summed E-state index contributed by atoms with van der Waals surface area (Å²) >= 11 is 0. The minimum Gasteiger partial charge on any atom is -0.490 e. The maximum absolute atomic E-state index is 10.6. The number of aromatic nitrogens is 5. The normalized spacial score (nSPS) is 14.1. The van der Waals surface area contributed by atoms with Crippen LogP contribution in [0.15, 0.2) is 41.2 Å². The van der Waals surface area contributed by atoms with Crippen molar-refractivity contribution < 1.29 is 32.4 Å². The molecule has 3 N–H and O–H groups in total. The minimum atomic E-state index is -5.08. The Bertz CT molecular complexity index is 1420. The standard InChI is InChI=1S/C24H29N7O2.C2HF3O2/c1-2-31-22-18(32-15-9-14-30-12-7-4-8-13-30)16-26-19(17-10-5-3-6-11-17)20(22)27-24(31)21-23(25)29-33-28-21;3-2(4,5)1(6)7/h3,5-6,10-11,16H,2,4,7-9,12-15H2,1H3,(H2,25,29);(H,6,7). The van der Waals surface area contributed by atoms with E-state index in [0.717, 1.165) is 35.3 Å². The molecule has 0 bridgehead atoms. The first-order valence-corrected chi connectivity index (χ1v) is 12.9. The molecule has 40 heavy (non-hydrogen) atoms. The molecule has 0 unspecified atom stereocenters. The maximum Gasteiger partial charge on any atom is 0.490 e. The van der Waals surface area contributed by atoms with Gasteiger partial charge in [-0.05, 0) is 49.6 Å². The second kappa shape index (κ2) is 12.8. The fraction of sp³-hybridized carbons (Fsp3) is 0.423. The molecule has 1 fully saturated rings. The molecule has 14 heteroatoms. The van der Waals surface area contributed by atoms with Crippen LogP contribution in [-0.2, 0) is 11.3 Å². The van der Waals surface area contributed by atoms with Gasteiger partial charge in [-0.1, -0.05) is 36.8 Å². The third-order valence-corrected chi connectivity index (χ3v) is 6.39. The minimum absolute atomic E-state index is 0.207. The Labute approximate surface area is 227 Å². The molecular formula is C26H30F3N7O4. The SMILES string of the molecule is CCn1c(-c2nonc2N)nc2c(-c3ccccc3)ncc(OCCCN3CCCCC3)c21.O=C(O)C(F)(F)F. The highest BCUT2D eigenvalue weighted by Gasteiger charge is 2.38. The molecule has 5 rings (SSSR count). The summed E-state index contributed by atoms with van der Waals surface area (Å²) in [4.78, 5) is 21.0. The van der Waals surface area contributed by atoms with Crippen LogP contribution in [0.2, 0.25) is 0 Å². The van der Waals surface area contributed by atoms with E-state index < -0.39 is 12.1 Å². The quantitative estimate of drug-likeness (QED) is 0.292. The molecule has 4 aromatic rings. The number of hydrogen-bond donors (Lipinski definition) is 2. The van der Waals surface area contributed by atoms with Crippen LogP contribution in [0.3, 0.4) is 0 Å². The van der Waals surface area contributed by atoms with Gasteiger partial charge in [-0.3, -0.25) is 0 Å². The van der Waals surface area contributed by atoms with Gasteiger partial charge in [0.2, 0.25) is 0 Å². The van der Waals surface area contributed by atoms with Crippen molar-refractivity contribution in [2.24, 2.45) is 0 Å². The van der Waals surface area contributed by atoms with E-state index in [4.69, 9.17) is 35.0 Å². The molecule has 0 saturated carbocycles. The average molecular weight is 562 g/mol. The van der Waals surface area contributed by atoms with E-state index in [-0.39, 0.29) is 5.82 Å². The fourth-order valence-corrected chi connectivity index (χ4v) is 4.52. The van der Waals surface area contributed by atoms with Crippen molar-refractivity contribution >= 4 is 22.8 Å². The lowest BCUT2D eigenvalue weighted by Crippen LogP contribution is -2.31. The molecule has 0 radical (unpaired) electrons. The number of carboxylic acid groups (broad SMARTS) is 1. The summed E-state index contributed by atoms with van der Waals surface area (Å²) < 4.78 is 44.9. The second-order valence-corrected chi connectivity index (χ2v) is 9.12. The molecule has 3 aromatic heterocycles. The lowest BCUT2D eigenvalue weighted by molar-refractivity contribution is -0.192. The number of aryl methyl sites for hydroxylation is 1. The molecule has 0 atom stereocenters. The molecular weight excluding hydrogens is 531 g/mol. The number of piperidine rings is 1. The van der Waals surface area contributed by atoms with Crippen molar-refractivity contribution in [1.29, 1.82) is 0 Å². The van der Waals surface area contributed by atoms with Crippen molar-refractivity contribution in [3.63, 3.8) is 0 Å². The smallest absolute Gasteiger partial charge is 0.490 e. The number of ether oxygens (including phenoxy) is 1. The van der Waals surface area contributed by atoms with Crippen molar-refractivity contribution in [2.75, 3.05) is 32.0 Å². The first-order chi connectivity index (χ1) is 19.2. The van der Waals surface area contributed by atoms with Crippen LogP contribution < -0.4 is 10.5 Å². The molecule has 1 aliphatic heterocycles. The van der Waals surface area contributed by atoms with Crippen LogP contribution in [0.25, 0.3) is 33.8 Å². The van der Waals surface area contributed by atoms with Gasteiger partial charge in [-0.25, -0.2) is 19.4 Å². The number of aliphatic carboxylic acids is 1. The average Bonchev–Trinajstić information content (AvgIpc) is 3.55. The molecule has 214 valence electrons. The van der Waals surface area contributed by atoms with Gasteiger partial charge in [0.15, 0.2) is 23.1 Å². The number of nitrogens with two attached hydrogens (primary N) is 1. The number of imidazole rings is 1. The van der Waals surface area contributed by atoms with E-state index in [1.165, 1.54) is 32.4 Å². The number of anilines is 1. The van der Waals surface area contributed by atoms with Crippen molar-refractivity contribution in [1.82, 2.24) is 29.7 Å². The number of hydrogen-bond acceptors (Lipinski definition) is 9. The number of likely N-dealkylation sites (tertiary alicyclic amines) is 1. The number of nitrogen functional groups attached to an aromatic ring is 1. The van der Waals surface area contributed by atoms with Gasteiger partial charge in [-0.15, -0.1) is 0 Å². The number of fused-ring (bicyclic) bond motifs is 1. The zero-order chi connectivity index (χ0) is 28.7. The number of nitrogens with zero attached hydrogens (tertiary/aromatic N) is 6. The molecule has 4 heterocycles. The van der Waals surface area contributed by atoms with Gasteiger partial charge in [-0.2, -0.15) is 13.2 Å². The topological polar surface area (TPSA) is 145 Å². The highest BCUT2D eigenvalue weighted by Crippen LogP contribution is 2.36. The molecule has 11 nitrogen and oxygen atoms in total. The number of benzene rings is 1. The van der Waals surface area contributed by atoms with Crippen LogP contribution in [0, 0.1) is 0 Å². The number of carboxylic acids is 1. The zero-order valence-corrected chi connectivity index (χ0v) is 21.9. The monoisotopic (exact) mass is 561 g/mol. The first kappa shape index (κ1) is 28.8. The fourth-order valence-electron chi connectivity index (χ4n) is 4.52. The number of rotatable bonds is 8. The van der Waals surface area contributed by atoms with Crippen molar-refractivity contribution in [3.05, 3.63) is 36.5 Å². The summed E-state index contributed by atoms with van der Waals surface area (Å²) in [5.74, 6) is -1.25. The van der Waals surface area contributed by atoms with Crippen LogP contribution >= 0.6 is 0 Å². The van der Waals surface area contributed by atoms with E-state index in [2.05, 4.69) is 22.1 Å². The van der Waals surface area contributed by atoms with Crippen LogP contribution in [-0.4, -0.2) is 73.2 Å². The highest BCUT2D eigenvalue weighted by molar-refractivity contribution is 5.95. The summed E-state index contributed by atoms with van der Waals surface area (Å²) in [7, 11) is 0. The van der Waals surface area contributed by atoms with E-state index in [0.29, 0.717) is 30.4 Å². The second-order valence-electron chi connectivity index (χ2n) is 9.12. The molecule has 1 aliphatic rings. The Balaban J connectivity index is 0.000000470. The summed E-state index contributed by atoms with van der Waals surface area (Å²) in [5, 5.41) is 14.8. The molecule has 1 saturated heterocycles. The predicted molar refractivity (Wildman–Crippen MR) is 140 cm³/mol. The molecule has 0 spiro atoms. The maximum atomic E-state index is 10.6. The van der Waals surface area contributed by atoms with Gasteiger partial charge in [0.25, 0.3) is 0 Å². The molecule has 1 aromatic carbocycles. The van der Waals surface area contributed by atoms with E-state index in [9.17, 15) is 13.2 Å². The largest absolute Gasteiger partial charge is 0.490 e. The Hall–Kier alpha value is -4.20. The lowest BCUT2D eigenvalue weighted by Gasteiger charge is -2.26. The number of alkyl halides is 3. The third-order valence-electron chi connectivity index (χ3n) is 6.39. The Kier molecular flexibility index (Phi) is 9.19. The van der Waals surface area contributed by atoms with Gasteiger partial charge in [0, 0.05) is 18.7 Å². The van der Waals surface area contributed by atoms with Crippen LogP contribution in [0.5, 0.6) is 5.75 Å². The summed E-state index contributed by atoms with van der Waals surface area (Å²) in [5.41, 5.74) is 9.81. The summed E-state index contributed by atoms with van der Waals surface area (Å²) in [6.07, 6.45) is 1.62. The number of halogens is 3. The van der Waals surface area contributed by atoms with Crippen molar-refractivity contribution in [3.8, 4) is 28.5 Å². The summed E-state index contributed by atoms with van der Waals surface area (Å²) in [6, 6.07) is 10.0. The third kappa shape index (κ3) is 6.68. The predicted octanol–water partition coefficient (Wildman–Crippen LogP) is 4.64. The van der Waals surface area contributed by atoms with Gasteiger partial charge in [0.05, 0.1) is 18.5 Å². The van der Waals surface area contributed by atoms with Crippen LogP contribution in [0.4, 0.5) is 19.0 Å². The van der Waals surface area contributed by atoms with E-state index >= 15 is 0 Å². The number of pyridine rings is 1. The van der Waals surface area contributed by atoms with E-state index in [1.54, 1.807) is 6.20 Å².